The smallest absolute Gasteiger partial charge is 0.242 e. The molecule has 1 amide bonds. The van der Waals surface area contributed by atoms with E-state index in [1.54, 1.807) is 11.3 Å². The Morgan fingerprint density at radius 2 is 2.17 bits per heavy atom. The van der Waals surface area contributed by atoms with E-state index < -0.39 is 6.04 Å². The molecular formula is C13H16N2OS2. The summed E-state index contributed by atoms with van der Waals surface area (Å²) in [6, 6.07) is 7.39. The molecule has 2 aromatic rings. The van der Waals surface area contributed by atoms with Crippen molar-refractivity contribution in [3.05, 3.63) is 44.3 Å². The van der Waals surface area contributed by atoms with Crippen LogP contribution in [-0.4, -0.2) is 5.91 Å². The predicted molar refractivity (Wildman–Crippen MR) is 76.8 cm³/mol. The zero-order chi connectivity index (χ0) is 13.0. The Kier molecular flexibility index (Phi) is 4.52. The van der Waals surface area contributed by atoms with E-state index in [-0.39, 0.29) is 5.91 Å². The Balaban J connectivity index is 1.88. The van der Waals surface area contributed by atoms with Gasteiger partial charge in [0, 0.05) is 14.6 Å². The van der Waals surface area contributed by atoms with E-state index in [2.05, 4.69) is 24.4 Å². The lowest BCUT2D eigenvalue weighted by molar-refractivity contribution is -0.122. The quantitative estimate of drug-likeness (QED) is 0.884. The minimum atomic E-state index is -0.560. The van der Waals surface area contributed by atoms with Crippen molar-refractivity contribution in [2.75, 3.05) is 0 Å². The van der Waals surface area contributed by atoms with Gasteiger partial charge in [0.1, 0.15) is 6.04 Å². The van der Waals surface area contributed by atoms with Gasteiger partial charge in [-0.1, -0.05) is 13.0 Å². The molecule has 1 unspecified atom stereocenters. The van der Waals surface area contributed by atoms with Gasteiger partial charge in [-0.05, 0) is 30.0 Å². The van der Waals surface area contributed by atoms with Crippen LogP contribution in [0, 0.1) is 0 Å². The molecule has 0 aliphatic heterocycles. The van der Waals surface area contributed by atoms with Gasteiger partial charge in [-0.3, -0.25) is 4.79 Å². The van der Waals surface area contributed by atoms with Crippen LogP contribution in [0.25, 0.3) is 0 Å². The first-order valence-electron chi connectivity index (χ1n) is 5.85. The molecule has 0 aliphatic carbocycles. The van der Waals surface area contributed by atoms with Crippen molar-refractivity contribution in [3.63, 3.8) is 0 Å². The van der Waals surface area contributed by atoms with E-state index in [1.165, 1.54) is 21.1 Å². The first kappa shape index (κ1) is 13.3. The van der Waals surface area contributed by atoms with Gasteiger partial charge in [-0.25, -0.2) is 0 Å². The van der Waals surface area contributed by atoms with E-state index in [0.29, 0.717) is 6.54 Å². The van der Waals surface area contributed by atoms with E-state index >= 15 is 0 Å². The van der Waals surface area contributed by atoms with Crippen LogP contribution in [0.2, 0.25) is 0 Å². The predicted octanol–water partition coefficient (Wildman–Crippen LogP) is 2.69. The monoisotopic (exact) mass is 280 g/mol. The molecule has 0 radical (unpaired) electrons. The maximum absolute atomic E-state index is 11.9. The molecule has 0 saturated heterocycles. The fourth-order valence-corrected chi connectivity index (χ4v) is 3.21. The van der Waals surface area contributed by atoms with E-state index in [4.69, 9.17) is 5.73 Å². The molecule has 18 heavy (non-hydrogen) atoms. The summed E-state index contributed by atoms with van der Waals surface area (Å²) in [6.07, 6.45) is 1.04. The number of carbonyl (C=O) groups excluding carboxylic acids is 1. The zero-order valence-corrected chi connectivity index (χ0v) is 11.8. The summed E-state index contributed by atoms with van der Waals surface area (Å²) in [6.45, 7) is 2.68. The third-order valence-electron chi connectivity index (χ3n) is 2.63. The first-order valence-corrected chi connectivity index (χ1v) is 7.54. The fraction of sp³-hybridized carbons (Fsp3) is 0.308. The summed E-state index contributed by atoms with van der Waals surface area (Å²) < 4.78 is 0. The number of carbonyl (C=O) groups is 1. The van der Waals surface area contributed by atoms with Crippen LogP contribution in [0.15, 0.2) is 29.6 Å². The molecule has 2 rings (SSSR count). The fourth-order valence-electron chi connectivity index (χ4n) is 1.59. The molecule has 3 N–H and O–H groups in total. The summed E-state index contributed by atoms with van der Waals surface area (Å²) in [5.41, 5.74) is 5.88. The van der Waals surface area contributed by atoms with Crippen molar-refractivity contribution < 1.29 is 4.79 Å². The Morgan fingerprint density at radius 1 is 1.39 bits per heavy atom. The van der Waals surface area contributed by atoms with Gasteiger partial charge in [0.15, 0.2) is 0 Å². The zero-order valence-electron chi connectivity index (χ0n) is 10.2. The van der Waals surface area contributed by atoms with Crippen LogP contribution in [0.5, 0.6) is 0 Å². The summed E-state index contributed by atoms with van der Waals surface area (Å²) in [5.74, 6) is -0.121. The van der Waals surface area contributed by atoms with Crippen molar-refractivity contribution in [2.24, 2.45) is 5.73 Å². The van der Waals surface area contributed by atoms with Gasteiger partial charge in [0.25, 0.3) is 0 Å². The lowest BCUT2D eigenvalue weighted by Gasteiger charge is -2.09. The summed E-state index contributed by atoms with van der Waals surface area (Å²) in [4.78, 5) is 15.3. The second kappa shape index (κ2) is 6.13. The first-order chi connectivity index (χ1) is 8.70. The lowest BCUT2D eigenvalue weighted by atomic mass is 10.2. The maximum atomic E-state index is 11.9. The van der Waals surface area contributed by atoms with Crippen molar-refractivity contribution in [3.8, 4) is 0 Å². The molecule has 0 aromatic carbocycles. The third-order valence-corrected chi connectivity index (χ3v) is 4.82. The average molecular weight is 280 g/mol. The minimum absolute atomic E-state index is 0.121. The number of amides is 1. The molecule has 2 aromatic heterocycles. The van der Waals surface area contributed by atoms with Gasteiger partial charge < -0.3 is 11.1 Å². The number of nitrogens with one attached hydrogen (secondary N) is 1. The molecular weight excluding hydrogens is 264 g/mol. The Labute approximate surface area is 115 Å². The second-order valence-electron chi connectivity index (χ2n) is 3.93. The second-order valence-corrected chi connectivity index (χ2v) is 6.16. The van der Waals surface area contributed by atoms with Gasteiger partial charge in [0.2, 0.25) is 5.91 Å². The third kappa shape index (κ3) is 3.19. The normalized spacial score (nSPS) is 12.3. The van der Waals surface area contributed by atoms with Crippen molar-refractivity contribution >= 4 is 28.6 Å². The molecule has 0 spiro atoms. The van der Waals surface area contributed by atoms with Crippen LogP contribution < -0.4 is 11.1 Å². The number of thiophene rings is 2. The van der Waals surface area contributed by atoms with Crippen LogP contribution in [0.4, 0.5) is 0 Å². The Hall–Kier alpha value is -1.17. The molecule has 2 heterocycles. The highest BCUT2D eigenvalue weighted by Gasteiger charge is 2.16. The number of nitrogens with two attached hydrogens (primary N) is 1. The molecule has 1 atom stereocenters. The van der Waals surface area contributed by atoms with Crippen LogP contribution in [0.1, 0.15) is 27.6 Å². The van der Waals surface area contributed by atoms with Gasteiger partial charge in [-0.15, -0.1) is 22.7 Å². The SMILES string of the molecule is CCc1ccc(CNC(=O)C(N)c2cccs2)s1. The molecule has 0 aliphatic rings. The summed E-state index contributed by atoms with van der Waals surface area (Å²) >= 11 is 3.24. The van der Waals surface area contributed by atoms with Gasteiger partial charge in [0.05, 0.1) is 6.54 Å². The minimum Gasteiger partial charge on any atom is -0.350 e. The Bertz CT molecular complexity index is 505. The van der Waals surface area contributed by atoms with E-state index in [9.17, 15) is 4.79 Å². The highest BCUT2D eigenvalue weighted by Crippen LogP contribution is 2.18. The Morgan fingerprint density at radius 3 is 2.78 bits per heavy atom. The lowest BCUT2D eigenvalue weighted by Crippen LogP contribution is -2.32. The topological polar surface area (TPSA) is 55.1 Å². The highest BCUT2D eigenvalue weighted by atomic mass is 32.1. The van der Waals surface area contributed by atoms with Crippen LogP contribution >= 0.6 is 22.7 Å². The molecule has 3 nitrogen and oxygen atoms in total. The summed E-state index contributed by atoms with van der Waals surface area (Å²) in [5, 5.41) is 4.80. The summed E-state index contributed by atoms with van der Waals surface area (Å²) in [7, 11) is 0. The van der Waals surface area contributed by atoms with E-state index in [0.717, 1.165) is 11.3 Å². The number of hydrogen-bond donors (Lipinski definition) is 2. The van der Waals surface area contributed by atoms with E-state index in [1.807, 2.05) is 17.5 Å². The molecule has 5 heteroatoms. The van der Waals surface area contributed by atoms with Gasteiger partial charge in [-0.2, -0.15) is 0 Å². The van der Waals surface area contributed by atoms with Crippen molar-refractivity contribution in [1.29, 1.82) is 0 Å². The number of hydrogen-bond acceptors (Lipinski definition) is 4. The highest BCUT2D eigenvalue weighted by molar-refractivity contribution is 7.12. The molecule has 96 valence electrons. The largest absolute Gasteiger partial charge is 0.350 e. The number of rotatable bonds is 5. The van der Waals surface area contributed by atoms with Crippen molar-refractivity contribution in [2.45, 2.75) is 25.9 Å². The standard InChI is InChI=1S/C13H16N2OS2/c1-2-9-5-6-10(18-9)8-15-13(16)12(14)11-4-3-7-17-11/h3-7,12H,2,8,14H2,1H3,(H,15,16). The molecule has 0 bridgehead atoms. The van der Waals surface area contributed by atoms with Crippen LogP contribution in [0.3, 0.4) is 0 Å². The maximum Gasteiger partial charge on any atom is 0.242 e. The van der Waals surface area contributed by atoms with Gasteiger partial charge >= 0.3 is 0 Å². The molecule has 0 saturated carbocycles. The van der Waals surface area contributed by atoms with Crippen LogP contribution in [-0.2, 0) is 17.8 Å². The number of aryl methyl sites for hydroxylation is 1. The average Bonchev–Trinajstić information content (AvgIpc) is 3.05. The van der Waals surface area contributed by atoms with Crippen molar-refractivity contribution in [1.82, 2.24) is 5.32 Å². The molecule has 0 fully saturated rings.